The number of esters is 4. The number of aliphatic hydroxyl groups excluding tert-OH is 1. The van der Waals surface area contributed by atoms with E-state index in [1.54, 1.807) is 0 Å². The molecule has 0 aromatic rings. The van der Waals surface area contributed by atoms with Gasteiger partial charge in [-0.2, -0.15) is 0 Å². The van der Waals surface area contributed by atoms with E-state index in [1.165, 1.54) is 225 Å². The summed E-state index contributed by atoms with van der Waals surface area (Å²) in [5, 5.41) is 10.6. The summed E-state index contributed by atoms with van der Waals surface area (Å²) < 4.78 is 68.7. The van der Waals surface area contributed by atoms with E-state index in [9.17, 15) is 43.2 Å². The van der Waals surface area contributed by atoms with Crippen molar-refractivity contribution in [2.75, 3.05) is 39.6 Å². The van der Waals surface area contributed by atoms with E-state index >= 15 is 0 Å². The molecule has 17 nitrogen and oxygen atoms in total. The topological polar surface area (TPSA) is 237 Å². The van der Waals surface area contributed by atoms with Crippen LogP contribution in [-0.2, 0) is 65.4 Å². The standard InChI is InChI=1S/C83H162O17P2/c1-9-76(8)62-54-46-37-31-25-19-16-17-21-27-33-39-49-57-65-82(87)100-79(70-94-81(86)64-56-48-42-41-45-53-61-75(6)7)72-98-102(91,92)96-68-77(84)67-95-101(89,90)97-71-78(99-83(88)66-58-50-40-34-28-22-24-30-36-44-52-60-74(4)5)69-93-80(85)63-55-47-38-32-26-20-15-13-11-10-12-14-18-23-29-35-43-51-59-73(2)3/h73-79,84H,9-72H2,1-8H3,(H,89,90)(H,91,92)/t76?,77-,78-,79-/m1/s1. The first kappa shape index (κ1) is 100. The van der Waals surface area contributed by atoms with Crippen LogP contribution in [0.2, 0.25) is 0 Å². The molecule has 0 aliphatic rings. The molecule has 606 valence electrons. The van der Waals surface area contributed by atoms with E-state index in [4.69, 9.17) is 37.0 Å². The molecule has 0 saturated carbocycles. The second-order valence-electron chi connectivity index (χ2n) is 31.5. The van der Waals surface area contributed by atoms with E-state index in [0.717, 1.165) is 114 Å². The Morgan fingerprint density at radius 2 is 0.471 bits per heavy atom. The lowest BCUT2D eigenvalue weighted by molar-refractivity contribution is -0.161. The lowest BCUT2D eigenvalue weighted by Gasteiger charge is -2.21. The van der Waals surface area contributed by atoms with E-state index < -0.39 is 97.5 Å². The van der Waals surface area contributed by atoms with Crippen LogP contribution < -0.4 is 0 Å². The van der Waals surface area contributed by atoms with Crippen LogP contribution in [-0.4, -0.2) is 96.7 Å². The molecule has 0 heterocycles. The zero-order chi connectivity index (χ0) is 75.3. The Kier molecular flexibility index (Phi) is 70.6. The Balaban J connectivity index is 5.18. The van der Waals surface area contributed by atoms with Crippen molar-refractivity contribution < 1.29 is 80.2 Å². The third kappa shape index (κ3) is 74.9. The highest BCUT2D eigenvalue weighted by Gasteiger charge is 2.30. The molecule has 0 aliphatic carbocycles. The lowest BCUT2D eigenvalue weighted by Crippen LogP contribution is -2.30. The van der Waals surface area contributed by atoms with Crippen LogP contribution in [0.3, 0.4) is 0 Å². The van der Waals surface area contributed by atoms with Crippen molar-refractivity contribution in [3.05, 3.63) is 0 Å². The third-order valence-electron chi connectivity index (χ3n) is 19.7. The molecular formula is C83H162O17P2. The number of hydrogen-bond donors (Lipinski definition) is 3. The minimum Gasteiger partial charge on any atom is -0.462 e. The molecule has 0 fully saturated rings. The number of phosphoric ester groups is 2. The molecule has 19 heteroatoms. The van der Waals surface area contributed by atoms with Crippen molar-refractivity contribution in [3.8, 4) is 0 Å². The molecule has 3 unspecified atom stereocenters. The normalized spacial score (nSPS) is 14.3. The van der Waals surface area contributed by atoms with Gasteiger partial charge in [-0.25, -0.2) is 9.13 Å². The fraction of sp³-hybridized carbons (Fsp3) is 0.952. The van der Waals surface area contributed by atoms with E-state index in [0.29, 0.717) is 31.6 Å². The van der Waals surface area contributed by atoms with E-state index in [2.05, 4.69) is 55.4 Å². The largest absolute Gasteiger partial charge is 0.472 e. The van der Waals surface area contributed by atoms with Crippen LogP contribution in [0.15, 0.2) is 0 Å². The number of rotatable bonds is 80. The molecule has 0 aliphatic heterocycles. The smallest absolute Gasteiger partial charge is 0.462 e. The molecular weight excluding hydrogens is 1330 g/mol. The Hall–Kier alpha value is -1.94. The Morgan fingerprint density at radius 3 is 0.696 bits per heavy atom. The summed E-state index contributed by atoms with van der Waals surface area (Å²) in [6.07, 6.45) is 59.9. The van der Waals surface area contributed by atoms with Crippen LogP contribution in [0, 0.1) is 23.7 Å². The summed E-state index contributed by atoms with van der Waals surface area (Å²) in [6, 6.07) is 0. The second-order valence-corrected chi connectivity index (χ2v) is 34.4. The SMILES string of the molecule is CCC(C)CCCCCCCCCCCCCCCCC(=O)O[C@H](COC(=O)CCCCCCCCC(C)C)COP(=O)(O)OC[C@H](O)COP(=O)(O)OC[C@@H](COC(=O)CCCCCCCCCCCCCCCCCCCCC(C)C)OC(=O)CCCCCCCCCCCCCC(C)C. The monoisotopic (exact) mass is 1490 g/mol. The number of ether oxygens (including phenoxy) is 4. The molecule has 102 heavy (non-hydrogen) atoms. The molecule has 0 aromatic heterocycles. The van der Waals surface area contributed by atoms with Gasteiger partial charge in [0.15, 0.2) is 12.2 Å². The summed E-state index contributed by atoms with van der Waals surface area (Å²) in [7, 11) is -9.92. The third-order valence-corrected chi connectivity index (χ3v) is 21.6. The Morgan fingerprint density at radius 1 is 0.275 bits per heavy atom. The van der Waals surface area contributed by atoms with Gasteiger partial charge in [0, 0.05) is 25.7 Å². The highest BCUT2D eigenvalue weighted by atomic mass is 31.2. The molecule has 0 saturated heterocycles. The van der Waals surface area contributed by atoms with Crippen molar-refractivity contribution in [1.82, 2.24) is 0 Å². The van der Waals surface area contributed by atoms with Crippen LogP contribution in [0.25, 0.3) is 0 Å². The van der Waals surface area contributed by atoms with Crippen LogP contribution in [0.4, 0.5) is 0 Å². The maximum Gasteiger partial charge on any atom is 0.472 e. The second kappa shape index (κ2) is 72.0. The van der Waals surface area contributed by atoms with Gasteiger partial charge < -0.3 is 33.8 Å². The predicted molar refractivity (Wildman–Crippen MR) is 418 cm³/mol. The number of unbranched alkanes of at least 4 members (excludes halogenated alkanes) is 45. The predicted octanol–water partition coefficient (Wildman–Crippen LogP) is 24.8. The van der Waals surface area contributed by atoms with Gasteiger partial charge in [-0.3, -0.25) is 37.3 Å². The first-order chi connectivity index (χ1) is 49.1. The van der Waals surface area contributed by atoms with Gasteiger partial charge in [-0.15, -0.1) is 0 Å². The fourth-order valence-corrected chi connectivity index (χ4v) is 14.3. The highest BCUT2D eigenvalue weighted by molar-refractivity contribution is 7.47. The molecule has 0 spiro atoms. The number of phosphoric acid groups is 2. The van der Waals surface area contributed by atoms with Gasteiger partial charge in [0.2, 0.25) is 0 Å². The average Bonchev–Trinajstić information content (AvgIpc) is 0.927. The molecule has 0 aromatic carbocycles. The minimum atomic E-state index is -4.96. The van der Waals surface area contributed by atoms with Crippen LogP contribution >= 0.6 is 15.6 Å². The summed E-state index contributed by atoms with van der Waals surface area (Å²) in [6.45, 7) is 14.3. The molecule has 0 radical (unpaired) electrons. The lowest BCUT2D eigenvalue weighted by atomic mass is 9.99. The van der Waals surface area contributed by atoms with Gasteiger partial charge in [0.25, 0.3) is 0 Å². The first-order valence-corrected chi connectivity index (χ1v) is 45.7. The van der Waals surface area contributed by atoms with Gasteiger partial charge in [0.1, 0.15) is 19.3 Å². The number of carbonyl (C=O) groups excluding carboxylic acids is 4. The van der Waals surface area contributed by atoms with Crippen molar-refractivity contribution in [2.45, 2.75) is 446 Å². The number of aliphatic hydroxyl groups is 1. The Labute approximate surface area is 626 Å². The molecule has 6 atom stereocenters. The van der Waals surface area contributed by atoms with Crippen LogP contribution in [0.5, 0.6) is 0 Å². The molecule has 0 bridgehead atoms. The summed E-state index contributed by atoms with van der Waals surface area (Å²) in [4.78, 5) is 73.0. The summed E-state index contributed by atoms with van der Waals surface area (Å²) in [5.41, 5.74) is 0. The van der Waals surface area contributed by atoms with E-state index in [1.807, 2.05) is 0 Å². The number of carbonyl (C=O) groups is 4. The van der Waals surface area contributed by atoms with Gasteiger partial charge in [0.05, 0.1) is 26.4 Å². The maximum atomic E-state index is 13.1. The van der Waals surface area contributed by atoms with Crippen molar-refractivity contribution in [3.63, 3.8) is 0 Å². The number of hydrogen-bond acceptors (Lipinski definition) is 15. The summed E-state index contributed by atoms with van der Waals surface area (Å²) >= 11 is 0. The molecule has 0 amide bonds. The van der Waals surface area contributed by atoms with Crippen LogP contribution in [0.1, 0.15) is 428 Å². The van der Waals surface area contributed by atoms with Gasteiger partial charge in [-0.05, 0) is 49.4 Å². The fourth-order valence-electron chi connectivity index (χ4n) is 12.8. The van der Waals surface area contributed by atoms with Gasteiger partial charge in [-0.1, -0.05) is 376 Å². The maximum absolute atomic E-state index is 13.1. The first-order valence-electron chi connectivity index (χ1n) is 42.7. The average molecular weight is 1490 g/mol. The zero-order valence-corrected chi connectivity index (χ0v) is 69.0. The Bertz CT molecular complexity index is 1990. The van der Waals surface area contributed by atoms with Crippen molar-refractivity contribution in [1.29, 1.82) is 0 Å². The quantitative estimate of drug-likeness (QED) is 0.0222. The highest BCUT2D eigenvalue weighted by Crippen LogP contribution is 2.45. The molecule has 0 rings (SSSR count). The van der Waals surface area contributed by atoms with Gasteiger partial charge >= 0.3 is 39.5 Å². The zero-order valence-electron chi connectivity index (χ0n) is 67.2. The van der Waals surface area contributed by atoms with E-state index in [-0.39, 0.29) is 25.7 Å². The minimum absolute atomic E-state index is 0.106. The molecule has 3 N–H and O–H groups in total. The van der Waals surface area contributed by atoms with Crippen molar-refractivity contribution in [2.24, 2.45) is 23.7 Å². The van der Waals surface area contributed by atoms with Crippen molar-refractivity contribution >= 4 is 39.5 Å². The summed E-state index contributed by atoms with van der Waals surface area (Å²) in [5.74, 6) is 1.000.